The van der Waals surface area contributed by atoms with Gasteiger partial charge in [-0.2, -0.15) is 13.2 Å². The maximum Gasteiger partial charge on any atom is 0.416 e. The third-order valence-corrected chi connectivity index (χ3v) is 4.77. The van der Waals surface area contributed by atoms with Crippen molar-refractivity contribution in [2.45, 2.75) is 18.0 Å². The fourth-order valence-electron chi connectivity index (χ4n) is 2.04. The van der Waals surface area contributed by atoms with Crippen LogP contribution in [-0.2, 0) is 16.2 Å². The maximum atomic E-state index is 12.7. The second-order valence-corrected chi connectivity index (χ2v) is 6.83. The lowest BCUT2D eigenvalue weighted by molar-refractivity contribution is -0.137. The molecule has 0 atom stereocenters. The van der Waals surface area contributed by atoms with E-state index in [0.29, 0.717) is 0 Å². The van der Waals surface area contributed by atoms with E-state index in [1.165, 1.54) is 36.4 Å². The topological polar surface area (TPSA) is 75.3 Å². The van der Waals surface area contributed by atoms with Crippen LogP contribution in [0.5, 0.6) is 0 Å². The third kappa shape index (κ3) is 4.80. The molecule has 2 N–H and O–H groups in total. The van der Waals surface area contributed by atoms with Gasteiger partial charge < -0.3 is 5.32 Å². The summed E-state index contributed by atoms with van der Waals surface area (Å²) in [5, 5.41) is 2.35. The van der Waals surface area contributed by atoms with Crippen LogP contribution < -0.4 is 10.0 Å². The zero-order valence-corrected chi connectivity index (χ0v) is 13.9. The Kier molecular flexibility index (Phi) is 5.48. The summed E-state index contributed by atoms with van der Waals surface area (Å²) in [6.45, 7) is 1.86. The van der Waals surface area contributed by atoms with Crippen molar-refractivity contribution in [3.63, 3.8) is 0 Å². The SMILES string of the molecule is CCNS(=O)(=O)c1ccc(C(=O)Nc2cccc(C(F)(F)F)c2)cc1. The molecule has 2 rings (SSSR count). The fourth-order valence-corrected chi connectivity index (χ4v) is 3.08. The third-order valence-electron chi connectivity index (χ3n) is 3.21. The number of benzene rings is 2. The van der Waals surface area contributed by atoms with Crippen LogP contribution >= 0.6 is 0 Å². The first-order valence-electron chi connectivity index (χ1n) is 7.22. The Morgan fingerprint density at radius 2 is 1.72 bits per heavy atom. The van der Waals surface area contributed by atoms with Crippen molar-refractivity contribution in [2.24, 2.45) is 0 Å². The molecular formula is C16H15F3N2O3S. The molecule has 0 aromatic heterocycles. The highest BCUT2D eigenvalue weighted by molar-refractivity contribution is 7.89. The first-order valence-corrected chi connectivity index (χ1v) is 8.70. The van der Waals surface area contributed by atoms with E-state index in [4.69, 9.17) is 0 Å². The van der Waals surface area contributed by atoms with Crippen LogP contribution in [0.1, 0.15) is 22.8 Å². The molecule has 0 heterocycles. The standard InChI is InChI=1S/C16H15F3N2O3S/c1-2-20-25(23,24)14-8-6-11(7-9-14)15(22)21-13-5-3-4-12(10-13)16(17,18)19/h3-10,20H,2H2,1H3,(H,21,22). The van der Waals surface area contributed by atoms with E-state index in [-0.39, 0.29) is 22.7 Å². The molecule has 25 heavy (non-hydrogen) atoms. The van der Waals surface area contributed by atoms with Gasteiger partial charge in [-0.1, -0.05) is 13.0 Å². The molecule has 2 aromatic rings. The number of hydrogen-bond donors (Lipinski definition) is 2. The Labute approximate surface area is 142 Å². The van der Waals surface area contributed by atoms with Crippen LogP contribution in [0.15, 0.2) is 53.4 Å². The number of amides is 1. The summed E-state index contributed by atoms with van der Waals surface area (Å²) < 4.78 is 64.0. The van der Waals surface area contributed by atoms with Crippen molar-refractivity contribution in [1.29, 1.82) is 0 Å². The monoisotopic (exact) mass is 372 g/mol. The number of rotatable bonds is 5. The Hall–Kier alpha value is -2.39. The van der Waals surface area contributed by atoms with Gasteiger partial charge in [0.25, 0.3) is 5.91 Å². The van der Waals surface area contributed by atoms with Crippen LogP contribution in [-0.4, -0.2) is 20.9 Å². The quantitative estimate of drug-likeness (QED) is 0.846. The van der Waals surface area contributed by atoms with Crippen molar-refractivity contribution >= 4 is 21.6 Å². The second-order valence-electron chi connectivity index (χ2n) is 5.06. The molecule has 0 aliphatic carbocycles. The zero-order valence-electron chi connectivity index (χ0n) is 13.1. The van der Waals surface area contributed by atoms with Crippen molar-refractivity contribution in [1.82, 2.24) is 4.72 Å². The van der Waals surface area contributed by atoms with Crippen molar-refractivity contribution in [2.75, 3.05) is 11.9 Å². The predicted octanol–water partition coefficient (Wildman–Crippen LogP) is 3.26. The lowest BCUT2D eigenvalue weighted by Gasteiger charge is -2.10. The van der Waals surface area contributed by atoms with Crippen molar-refractivity contribution < 1.29 is 26.4 Å². The van der Waals surface area contributed by atoms with Gasteiger partial charge in [-0.3, -0.25) is 4.79 Å². The number of carbonyl (C=O) groups is 1. The Morgan fingerprint density at radius 1 is 1.08 bits per heavy atom. The van der Waals surface area contributed by atoms with E-state index >= 15 is 0 Å². The summed E-state index contributed by atoms with van der Waals surface area (Å²) in [5.41, 5.74) is -0.769. The van der Waals surface area contributed by atoms with Gasteiger partial charge in [-0.25, -0.2) is 13.1 Å². The predicted molar refractivity (Wildman–Crippen MR) is 86.7 cm³/mol. The van der Waals surface area contributed by atoms with Crippen LogP contribution in [0, 0.1) is 0 Å². The largest absolute Gasteiger partial charge is 0.416 e. The molecule has 2 aromatic carbocycles. The average Bonchev–Trinajstić information content (AvgIpc) is 2.54. The number of halogens is 3. The minimum Gasteiger partial charge on any atom is -0.322 e. The molecule has 0 saturated heterocycles. The maximum absolute atomic E-state index is 12.7. The number of hydrogen-bond acceptors (Lipinski definition) is 3. The van der Waals surface area contributed by atoms with E-state index in [1.807, 2.05) is 0 Å². The van der Waals surface area contributed by atoms with Gasteiger partial charge >= 0.3 is 6.18 Å². The highest BCUT2D eigenvalue weighted by atomic mass is 32.2. The van der Waals surface area contributed by atoms with Crippen LogP contribution in [0.2, 0.25) is 0 Å². The first-order chi connectivity index (χ1) is 11.6. The molecule has 0 radical (unpaired) electrons. The molecule has 0 fully saturated rings. The van der Waals surface area contributed by atoms with Gasteiger partial charge in [-0.15, -0.1) is 0 Å². The van der Waals surface area contributed by atoms with E-state index in [2.05, 4.69) is 10.0 Å². The number of nitrogens with one attached hydrogen (secondary N) is 2. The van der Waals surface area contributed by atoms with Gasteiger partial charge in [0.1, 0.15) is 0 Å². The van der Waals surface area contributed by atoms with Gasteiger partial charge in [0.15, 0.2) is 0 Å². The lowest BCUT2D eigenvalue weighted by Crippen LogP contribution is -2.23. The molecule has 0 unspecified atom stereocenters. The van der Waals surface area contributed by atoms with E-state index in [1.54, 1.807) is 6.92 Å². The minimum atomic E-state index is -4.51. The number of anilines is 1. The Bertz CT molecular complexity index is 863. The second kappa shape index (κ2) is 7.24. The van der Waals surface area contributed by atoms with E-state index in [0.717, 1.165) is 12.1 Å². The number of sulfonamides is 1. The average molecular weight is 372 g/mol. The van der Waals surface area contributed by atoms with Gasteiger partial charge in [0, 0.05) is 17.8 Å². The first kappa shape index (κ1) is 18.9. The molecule has 0 bridgehead atoms. The molecule has 5 nitrogen and oxygen atoms in total. The van der Waals surface area contributed by atoms with Crippen LogP contribution in [0.4, 0.5) is 18.9 Å². The van der Waals surface area contributed by atoms with Crippen molar-refractivity contribution in [3.05, 3.63) is 59.7 Å². The molecular weight excluding hydrogens is 357 g/mol. The summed E-state index contributed by atoms with van der Waals surface area (Å²) in [4.78, 5) is 12.1. The van der Waals surface area contributed by atoms with Crippen LogP contribution in [0.3, 0.4) is 0 Å². The highest BCUT2D eigenvalue weighted by Gasteiger charge is 2.30. The Morgan fingerprint density at radius 3 is 2.28 bits per heavy atom. The summed E-state index contributed by atoms with van der Waals surface area (Å²) >= 11 is 0. The smallest absolute Gasteiger partial charge is 0.322 e. The number of alkyl halides is 3. The van der Waals surface area contributed by atoms with Crippen molar-refractivity contribution in [3.8, 4) is 0 Å². The normalized spacial score (nSPS) is 12.0. The Balaban J connectivity index is 2.17. The highest BCUT2D eigenvalue weighted by Crippen LogP contribution is 2.30. The molecule has 0 spiro atoms. The summed E-state index contributed by atoms with van der Waals surface area (Å²) in [5.74, 6) is -0.647. The molecule has 1 amide bonds. The van der Waals surface area contributed by atoms with E-state index < -0.39 is 27.7 Å². The number of carbonyl (C=O) groups excluding carboxylic acids is 1. The van der Waals surface area contributed by atoms with Gasteiger partial charge in [0.05, 0.1) is 10.5 Å². The lowest BCUT2D eigenvalue weighted by atomic mass is 10.1. The van der Waals surface area contributed by atoms with Gasteiger partial charge in [-0.05, 0) is 42.5 Å². The van der Waals surface area contributed by atoms with E-state index in [9.17, 15) is 26.4 Å². The zero-order chi connectivity index (χ0) is 18.7. The molecule has 0 aliphatic heterocycles. The van der Waals surface area contributed by atoms with Crippen LogP contribution in [0.25, 0.3) is 0 Å². The molecule has 0 aliphatic rings. The fraction of sp³-hybridized carbons (Fsp3) is 0.188. The molecule has 0 saturated carbocycles. The summed E-state index contributed by atoms with van der Waals surface area (Å²) in [7, 11) is -3.64. The van der Waals surface area contributed by atoms with Gasteiger partial charge in [0.2, 0.25) is 10.0 Å². The summed E-state index contributed by atoms with van der Waals surface area (Å²) in [6, 6.07) is 9.30. The molecule has 9 heteroatoms. The molecule has 134 valence electrons. The minimum absolute atomic E-state index is 0.00929. The summed E-state index contributed by atoms with van der Waals surface area (Å²) in [6.07, 6.45) is -4.51.